The summed E-state index contributed by atoms with van der Waals surface area (Å²) in [5, 5.41) is 3.86. The summed E-state index contributed by atoms with van der Waals surface area (Å²) in [6.07, 6.45) is 1.12. The Morgan fingerprint density at radius 1 is 1.50 bits per heavy atom. The number of anilines is 1. The minimum Gasteiger partial charge on any atom is -0.398 e. The first-order chi connectivity index (χ1) is 6.75. The molecule has 0 aliphatic heterocycles. The third-order valence-corrected chi connectivity index (χ3v) is 3.48. The highest BCUT2D eigenvalue weighted by Crippen LogP contribution is 2.32. The van der Waals surface area contributed by atoms with Crippen molar-refractivity contribution < 1.29 is 0 Å². The number of benzene rings is 1. The van der Waals surface area contributed by atoms with Crippen LogP contribution in [-0.2, 0) is 0 Å². The molecule has 1 rings (SSSR count). The molecular weight excluding hydrogens is 216 g/mol. The van der Waals surface area contributed by atoms with Crippen molar-refractivity contribution in [3.05, 3.63) is 23.2 Å². The lowest BCUT2D eigenvalue weighted by Gasteiger charge is -2.06. The summed E-state index contributed by atoms with van der Waals surface area (Å²) >= 11 is 7.74. The molecule has 0 bridgehead atoms. The summed E-state index contributed by atoms with van der Waals surface area (Å²) in [7, 11) is 1.95. The van der Waals surface area contributed by atoms with Crippen LogP contribution in [0.3, 0.4) is 0 Å². The van der Waals surface area contributed by atoms with Crippen molar-refractivity contribution in [1.82, 2.24) is 5.32 Å². The van der Waals surface area contributed by atoms with Crippen LogP contribution >= 0.6 is 23.4 Å². The molecule has 14 heavy (non-hydrogen) atoms. The molecule has 1 aromatic rings. The molecule has 0 heterocycles. The SMILES string of the molecule is CNCCCSc1c(N)cccc1Cl. The molecule has 4 heteroatoms. The Morgan fingerprint density at radius 2 is 2.29 bits per heavy atom. The second-order valence-corrected chi connectivity index (χ2v) is 4.48. The van der Waals surface area contributed by atoms with Gasteiger partial charge in [0, 0.05) is 10.6 Å². The molecule has 0 unspecified atom stereocenters. The zero-order chi connectivity index (χ0) is 10.4. The maximum Gasteiger partial charge on any atom is 0.0562 e. The average Bonchev–Trinajstić information content (AvgIpc) is 2.16. The van der Waals surface area contributed by atoms with Crippen LogP contribution in [-0.4, -0.2) is 19.3 Å². The maximum absolute atomic E-state index is 6.03. The third-order valence-electron chi connectivity index (χ3n) is 1.81. The number of nitrogen functional groups attached to an aromatic ring is 1. The van der Waals surface area contributed by atoms with Crippen molar-refractivity contribution in [3.8, 4) is 0 Å². The lowest BCUT2D eigenvalue weighted by Crippen LogP contribution is -2.08. The molecule has 0 aromatic heterocycles. The molecule has 0 atom stereocenters. The quantitative estimate of drug-likeness (QED) is 0.464. The van der Waals surface area contributed by atoms with E-state index >= 15 is 0 Å². The van der Waals surface area contributed by atoms with Crippen LogP contribution in [0.5, 0.6) is 0 Å². The summed E-state index contributed by atoms with van der Waals surface area (Å²) in [6.45, 7) is 1.03. The molecular formula is C10H15ClN2S. The van der Waals surface area contributed by atoms with E-state index in [1.807, 2.05) is 25.2 Å². The van der Waals surface area contributed by atoms with Crippen LogP contribution < -0.4 is 11.1 Å². The van der Waals surface area contributed by atoms with Crippen LogP contribution in [0, 0.1) is 0 Å². The lowest BCUT2D eigenvalue weighted by molar-refractivity contribution is 0.778. The lowest BCUT2D eigenvalue weighted by atomic mass is 10.3. The van der Waals surface area contributed by atoms with E-state index in [0.29, 0.717) is 0 Å². The molecule has 0 amide bonds. The Kier molecular flexibility index (Phi) is 5.15. The molecule has 2 nitrogen and oxygen atoms in total. The highest BCUT2D eigenvalue weighted by atomic mass is 35.5. The van der Waals surface area contributed by atoms with Gasteiger partial charge in [0.05, 0.1) is 5.02 Å². The van der Waals surface area contributed by atoms with Crippen LogP contribution in [0.15, 0.2) is 23.1 Å². The summed E-state index contributed by atoms with van der Waals surface area (Å²) < 4.78 is 0. The van der Waals surface area contributed by atoms with Gasteiger partial charge in [-0.2, -0.15) is 0 Å². The van der Waals surface area contributed by atoms with Gasteiger partial charge >= 0.3 is 0 Å². The smallest absolute Gasteiger partial charge is 0.0562 e. The summed E-state index contributed by atoms with van der Waals surface area (Å²) in [4.78, 5) is 1.00. The zero-order valence-electron chi connectivity index (χ0n) is 8.22. The van der Waals surface area contributed by atoms with Crippen molar-refractivity contribution >= 4 is 29.1 Å². The first-order valence-corrected chi connectivity index (χ1v) is 5.93. The van der Waals surface area contributed by atoms with Crippen molar-refractivity contribution in [2.75, 3.05) is 25.1 Å². The van der Waals surface area contributed by atoms with Gasteiger partial charge in [-0.05, 0) is 37.9 Å². The van der Waals surface area contributed by atoms with Crippen molar-refractivity contribution in [2.45, 2.75) is 11.3 Å². The monoisotopic (exact) mass is 230 g/mol. The Balaban J connectivity index is 2.49. The van der Waals surface area contributed by atoms with Gasteiger partial charge in [0.1, 0.15) is 0 Å². The fourth-order valence-electron chi connectivity index (χ4n) is 1.10. The fraction of sp³-hybridized carbons (Fsp3) is 0.400. The fourth-order valence-corrected chi connectivity index (χ4v) is 2.38. The van der Waals surface area contributed by atoms with Gasteiger partial charge in [-0.25, -0.2) is 0 Å². The van der Waals surface area contributed by atoms with Gasteiger partial charge in [0.25, 0.3) is 0 Å². The van der Waals surface area contributed by atoms with Crippen LogP contribution in [0.25, 0.3) is 0 Å². The van der Waals surface area contributed by atoms with Crippen molar-refractivity contribution in [1.29, 1.82) is 0 Å². The third kappa shape index (κ3) is 3.40. The van der Waals surface area contributed by atoms with E-state index in [1.165, 1.54) is 0 Å². The van der Waals surface area contributed by atoms with Crippen LogP contribution in [0.4, 0.5) is 5.69 Å². The molecule has 0 aliphatic carbocycles. The van der Waals surface area contributed by atoms with Crippen LogP contribution in [0.1, 0.15) is 6.42 Å². The summed E-state index contributed by atoms with van der Waals surface area (Å²) in [6, 6.07) is 5.62. The number of hydrogen-bond acceptors (Lipinski definition) is 3. The molecule has 3 N–H and O–H groups in total. The second kappa shape index (κ2) is 6.17. The van der Waals surface area contributed by atoms with E-state index in [-0.39, 0.29) is 0 Å². The zero-order valence-corrected chi connectivity index (χ0v) is 9.79. The van der Waals surface area contributed by atoms with Crippen LogP contribution in [0.2, 0.25) is 5.02 Å². The Labute approximate surface area is 94.2 Å². The molecule has 0 saturated heterocycles. The van der Waals surface area contributed by atoms with Crippen molar-refractivity contribution in [2.24, 2.45) is 0 Å². The van der Waals surface area contributed by atoms with Gasteiger partial charge < -0.3 is 11.1 Å². The number of nitrogens with one attached hydrogen (secondary N) is 1. The van der Waals surface area contributed by atoms with Crippen molar-refractivity contribution in [3.63, 3.8) is 0 Å². The van der Waals surface area contributed by atoms with E-state index < -0.39 is 0 Å². The van der Waals surface area contributed by atoms with Gasteiger partial charge in [-0.15, -0.1) is 11.8 Å². The largest absolute Gasteiger partial charge is 0.398 e. The second-order valence-electron chi connectivity index (χ2n) is 2.96. The van der Waals surface area contributed by atoms with E-state index in [4.69, 9.17) is 17.3 Å². The Bertz CT molecular complexity index is 271. The molecule has 0 fully saturated rings. The number of rotatable bonds is 5. The first-order valence-electron chi connectivity index (χ1n) is 4.57. The molecule has 78 valence electrons. The molecule has 0 radical (unpaired) electrons. The number of thioether (sulfide) groups is 1. The highest BCUT2D eigenvalue weighted by Gasteiger charge is 2.03. The van der Waals surface area contributed by atoms with E-state index in [9.17, 15) is 0 Å². The summed E-state index contributed by atoms with van der Waals surface area (Å²) in [5.41, 5.74) is 6.59. The molecule has 0 spiro atoms. The molecule has 0 aliphatic rings. The predicted octanol–water partition coefficient (Wildman–Crippen LogP) is 2.62. The van der Waals surface area contributed by atoms with Gasteiger partial charge in [-0.1, -0.05) is 17.7 Å². The maximum atomic E-state index is 6.03. The minimum atomic E-state index is 0.749. The topological polar surface area (TPSA) is 38.0 Å². The average molecular weight is 231 g/mol. The van der Waals surface area contributed by atoms with E-state index in [1.54, 1.807) is 11.8 Å². The Morgan fingerprint density at radius 3 is 2.93 bits per heavy atom. The van der Waals surface area contributed by atoms with Gasteiger partial charge in [0.2, 0.25) is 0 Å². The number of hydrogen-bond donors (Lipinski definition) is 2. The van der Waals surface area contributed by atoms with Gasteiger partial charge in [-0.3, -0.25) is 0 Å². The predicted molar refractivity (Wildman–Crippen MR) is 65.1 cm³/mol. The van der Waals surface area contributed by atoms with E-state index in [0.717, 1.165) is 34.3 Å². The van der Waals surface area contributed by atoms with Gasteiger partial charge in [0.15, 0.2) is 0 Å². The Hall–Kier alpha value is -0.380. The number of nitrogens with two attached hydrogens (primary N) is 1. The van der Waals surface area contributed by atoms with E-state index in [2.05, 4.69) is 5.32 Å². The number of halogens is 1. The normalized spacial score (nSPS) is 10.4. The molecule has 0 saturated carbocycles. The summed E-state index contributed by atoms with van der Waals surface area (Å²) in [5.74, 6) is 1.04. The standard InChI is InChI=1S/C10H15ClN2S/c1-13-6-3-7-14-10-8(11)4-2-5-9(10)12/h2,4-5,13H,3,6-7,12H2,1H3. The first kappa shape index (κ1) is 11.7. The highest BCUT2D eigenvalue weighted by molar-refractivity contribution is 7.99. The molecule has 1 aromatic carbocycles. The minimum absolute atomic E-state index is 0.749.